The highest BCUT2D eigenvalue weighted by atomic mass is 14.8. The molecule has 0 fully saturated rings. The molecule has 0 unspecified atom stereocenters. The molecule has 164 valence electrons. The first-order chi connectivity index (χ1) is 13.1. The van der Waals surface area contributed by atoms with Gasteiger partial charge in [-0.3, -0.25) is 0 Å². The molecule has 0 saturated carbocycles. The molecule has 0 spiro atoms. The van der Waals surface area contributed by atoms with Crippen molar-refractivity contribution < 1.29 is 0 Å². The molecule has 0 aliphatic carbocycles. The normalized spacial score (nSPS) is 12.7. The van der Waals surface area contributed by atoms with Crippen LogP contribution < -0.4 is 5.73 Å². The minimum absolute atomic E-state index is 0.0623. The third kappa shape index (κ3) is 10.3. The van der Waals surface area contributed by atoms with Gasteiger partial charge in [-0.2, -0.15) is 0 Å². The van der Waals surface area contributed by atoms with Gasteiger partial charge in [0, 0.05) is 5.54 Å². The van der Waals surface area contributed by atoms with Crippen LogP contribution in [0.15, 0.2) is 0 Å². The summed E-state index contributed by atoms with van der Waals surface area (Å²) in [4.78, 5) is 0. The van der Waals surface area contributed by atoms with E-state index in [1.165, 1.54) is 122 Å². The lowest BCUT2D eigenvalue weighted by Gasteiger charge is -2.50. The maximum absolute atomic E-state index is 7.39. The first kappa shape index (κ1) is 27.0. The minimum Gasteiger partial charge on any atom is -0.325 e. The van der Waals surface area contributed by atoms with Crippen molar-refractivity contribution in [3.63, 3.8) is 0 Å². The highest BCUT2D eigenvalue weighted by Crippen LogP contribution is 2.49. The second kappa shape index (κ2) is 16.9. The quantitative estimate of drug-likeness (QED) is 0.209. The number of hydrogen-bond acceptors (Lipinski definition) is 1. The van der Waals surface area contributed by atoms with E-state index in [0.29, 0.717) is 5.41 Å². The van der Waals surface area contributed by atoms with Crippen LogP contribution in [0.25, 0.3) is 0 Å². The summed E-state index contributed by atoms with van der Waals surface area (Å²) < 4.78 is 0. The van der Waals surface area contributed by atoms with Crippen LogP contribution in [-0.2, 0) is 0 Å². The number of nitrogens with two attached hydrogens (primary N) is 1. The molecule has 0 rings (SSSR count). The third-order valence-corrected chi connectivity index (χ3v) is 7.04. The predicted molar refractivity (Wildman–Crippen MR) is 125 cm³/mol. The van der Waals surface area contributed by atoms with Crippen LogP contribution in [0.5, 0.6) is 0 Å². The molecule has 0 amide bonds. The molecule has 0 aromatic heterocycles. The Morgan fingerprint density at radius 3 is 1.19 bits per heavy atom. The molecule has 0 aromatic carbocycles. The Kier molecular flexibility index (Phi) is 16.8. The maximum atomic E-state index is 7.39. The Bertz CT molecular complexity index is 293. The zero-order valence-electron chi connectivity index (χ0n) is 20.0. The maximum Gasteiger partial charge on any atom is 0.0211 e. The molecule has 0 heterocycles. The van der Waals surface area contributed by atoms with E-state index in [0.717, 1.165) is 0 Å². The van der Waals surface area contributed by atoms with Crippen molar-refractivity contribution in [3.05, 3.63) is 0 Å². The van der Waals surface area contributed by atoms with Gasteiger partial charge in [0.2, 0.25) is 0 Å². The summed E-state index contributed by atoms with van der Waals surface area (Å²) in [6, 6.07) is 0. The summed E-state index contributed by atoms with van der Waals surface area (Å²) >= 11 is 0. The average Bonchev–Trinajstić information content (AvgIpc) is 2.68. The molecule has 1 nitrogen and oxygen atoms in total. The summed E-state index contributed by atoms with van der Waals surface area (Å²) in [6.45, 7) is 11.7. The van der Waals surface area contributed by atoms with E-state index in [1.54, 1.807) is 0 Å². The van der Waals surface area contributed by atoms with E-state index < -0.39 is 0 Å². The fourth-order valence-electron chi connectivity index (χ4n) is 5.04. The lowest BCUT2D eigenvalue weighted by atomic mass is 9.58. The highest BCUT2D eigenvalue weighted by Gasteiger charge is 2.45. The van der Waals surface area contributed by atoms with E-state index in [1.807, 2.05) is 0 Å². The number of rotatable bonds is 20. The van der Waals surface area contributed by atoms with Crippen molar-refractivity contribution >= 4 is 0 Å². The molecule has 2 N–H and O–H groups in total. The smallest absolute Gasteiger partial charge is 0.0211 e. The minimum atomic E-state index is 0.0623. The Labute approximate surface area is 173 Å². The van der Waals surface area contributed by atoms with Crippen molar-refractivity contribution in [1.82, 2.24) is 0 Å². The van der Waals surface area contributed by atoms with Gasteiger partial charge in [0.1, 0.15) is 0 Å². The largest absolute Gasteiger partial charge is 0.325 e. The Morgan fingerprint density at radius 2 is 0.741 bits per heavy atom. The molecular formula is C26H55N. The van der Waals surface area contributed by atoms with Gasteiger partial charge in [-0.25, -0.2) is 0 Å². The summed E-state index contributed by atoms with van der Waals surface area (Å²) in [6.07, 6.45) is 25.5. The zero-order valence-corrected chi connectivity index (χ0v) is 20.0. The van der Waals surface area contributed by atoms with Crippen molar-refractivity contribution in [3.8, 4) is 0 Å². The van der Waals surface area contributed by atoms with Gasteiger partial charge in [0.15, 0.2) is 0 Å². The van der Waals surface area contributed by atoms with E-state index in [4.69, 9.17) is 5.73 Å². The topological polar surface area (TPSA) is 26.0 Å². The molecule has 1 heteroatoms. The lowest BCUT2D eigenvalue weighted by Crippen LogP contribution is -2.55. The van der Waals surface area contributed by atoms with Crippen molar-refractivity contribution in [1.29, 1.82) is 0 Å². The average molecular weight is 382 g/mol. The molecule has 0 radical (unpaired) electrons. The van der Waals surface area contributed by atoms with Gasteiger partial charge in [0.05, 0.1) is 0 Å². The SMILES string of the molecule is CCCCCCCCC(CCCC)(CCCC)C(N)(CCCC)CCCC. The summed E-state index contributed by atoms with van der Waals surface area (Å²) in [5.74, 6) is 0. The van der Waals surface area contributed by atoms with E-state index in [2.05, 4.69) is 34.6 Å². The summed E-state index contributed by atoms with van der Waals surface area (Å²) in [5.41, 5.74) is 7.84. The van der Waals surface area contributed by atoms with Crippen LogP contribution in [0.4, 0.5) is 0 Å². The molecule has 27 heavy (non-hydrogen) atoms. The van der Waals surface area contributed by atoms with Crippen molar-refractivity contribution in [2.24, 2.45) is 11.1 Å². The van der Waals surface area contributed by atoms with Crippen LogP contribution in [-0.4, -0.2) is 5.54 Å². The molecule has 0 saturated heterocycles. The molecule has 0 atom stereocenters. The summed E-state index contributed by atoms with van der Waals surface area (Å²) in [7, 11) is 0. The molecule has 0 aliphatic rings. The Morgan fingerprint density at radius 1 is 0.407 bits per heavy atom. The van der Waals surface area contributed by atoms with Gasteiger partial charge >= 0.3 is 0 Å². The van der Waals surface area contributed by atoms with Crippen LogP contribution >= 0.6 is 0 Å². The van der Waals surface area contributed by atoms with E-state index >= 15 is 0 Å². The highest BCUT2D eigenvalue weighted by molar-refractivity contribution is 5.02. The molecule has 0 aromatic rings. The first-order valence-electron chi connectivity index (χ1n) is 12.8. The van der Waals surface area contributed by atoms with Gasteiger partial charge in [-0.1, -0.05) is 125 Å². The second-order valence-electron chi connectivity index (χ2n) is 9.37. The van der Waals surface area contributed by atoms with Gasteiger partial charge in [-0.05, 0) is 37.5 Å². The molecule has 0 aliphatic heterocycles. The Hall–Kier alpha value is -0.0400. The van der Waals surface area contributed by atoms with Crippen molar-refractivity contribution in [2.75, 3.05) is 0 Å². The predicted octanol–water partition coefficient (Wildman–Crippen LogP) is 9.18. The number of unbranched alkanes of at least 4 members (excludes halogenated alkanes) is 9. The van der Waals surface area contributed by atoms with Crippen molar-refractivity contribution in [2.45, 2.75) is 162 Å². The standard InChI is InChI=1S/C26H55N/c1-6-11-16-17-18-19-22-25(20-12-7-2,21-13-8-3)26(27,23-14-9-4)24-15-10-5/h6-24,27H2,1-5H3. The van der Waals surface area contributed by atoms with E-state index in [-0.39, 0.29) is 5.54 Å². The Balaban J connectivity index is 5.33. The second-order valence-corrected chi connectivity index (χ2v) is 9.37. The van der Waals surface area contributed by atoms with Gasteiger partial charge < -0.3 is 5.73 Å². The van der Waals surface area contributed by atoms with Crippen LogP contribution in [0, 0.1) is 5.41 Å². The van der Waals surface area contributed by atoms with Crippen LogP contribution in [0.1, 0.15) is 157 Å². The molecule has 0 bridgehead atoms. The fraction of sp³-hybridized carbons (Fsp3) is 1.00. The fourth-order valence-corrected chi connectivity index (χ4v) is 5.04. The van der Waals surface area contributed by atoms with Crippen LogP contribution in [0.3, 0.4) is 0 Å². The summed E-state index contributed by atoms with van der Waals surface area (Å²) in [5, 5.41) is 0. The lowest BCUT2D eigenvalue weighted by molar-refractivity contribution is 0.0528. The monoisotopic (exact) mass is 381 g/mol. The molecular weight excluding hydrogens is 326 g/mol. The third-order valence-electron chi connectivity index (χ3n) is 7.04. The van der Waals surface area contributed by atoms with E-state index in [9.17, 15) is 0 Å². The van der Waals surface area contributed by atoms with Gasteiger partial charge in [0.25, 0.3) is 0 Å². The first-order valence-corrected chi connectivity index (χ1v) is 12.8. The van der Waals surface area contributed by atoms with Gasteiger partial charge in [-0.15, -0.1) is 0 Å². The van der Waals surface area contributed by atoms with Crippen LogP contribution in [0.2, 0.25) is 0 Å². The zero-order chi connectivity index (χ0) is 20.4. The number of hydrogen-bond donors (Lipinski definition) is 1.